The van der Waals surface area contributed by atoms with Crippen LogP contribution in [0, 0.1) is 0 Å². The van der Waals surface area contributed by atoms with Gasteiger partial charge in [0.05, 0.1) is 17.0 Å². The number of hydrogen-bond donors (Lipinski definition) is 0. The summed E-state index contributed by atoms with van der Waals surface area (Å²) in [6.07, 6.45) is 3.73. The molecular formula is C15H18ClO3P. The molecule has 0 aromatic heterocycles. The van der Waals surface area contributed by atoms with E-state index in [2.05, 4.69) is 0 Å². The monoisotopic (exact) mass is 312 g/mol. The van der Waals surface area contributed by atoms with Crippen LogP contribution in [0.5, 0.6) is 0 Å². The number of halogens is 1. The minimum absolute atomic E-state index is 0.341. The van der Waals surface area contributed by atoms with Gasteiger partial charge in [-0.05, 0) is 25.3 Å². The summed E-state index contributed by atoms with van der Waals surface area (Å²) in [5.41, 5.74) is 0.246. The van der Waals surface area contributed by atoms with Gasteiger partial charge in [0, 0.05) is 0 Å². The Morgan fingerprint density at radius 3 is 2.55 bits per heavy atom. The highest BCUT2D eigenvalue weighted by atomic mass is 35.5. The molecule has 3 nitrogen and oxygen atoms in total. The van der Waals surface area contributed by atoms with Gasteiger partial charge in [-0.2, -0.15) is 0 Å². The van der Waals surface area contributed by atoms with Crippen molar-refractivity contribution in [3.8, 4) is 0 Å². The molecule has 0 bridgehead atoms. The Kier molecular flexibility index (Phi) is 3.81. The van der Waals surface area contributed by atoms with E-state index in [0.29, 0.717) is 17.0 Å². The first-order valence-corrected chi connectivity index (χ1v) is 8.95. The maximum Gasteiger partial charge on any atom is 0.364 e. The van der Waals surface area contributed by atoms with E-state index in [0.717, 1.165) is 31.2 Å². The van der Waals surface area contributed by atoms with Gasteiger partial charge in [0.25, 0.3) is 0 Å². The molecule has 5 heteroatoms. The Bertz CT molecular complexity index is 576. The van der Waals surface area contributed by atoms with Crippen LogP contribution in [0.3, 0.4) is 0 Å². The Balaban J connectivity index is 2.13. The summed E-state index contributed by atoms with van der Waals surface area (Å²) in [7, 11) is -3.33. The van der Waals surface area contributed by atoms with Gasteiger partial charge in [-0.25, -0.2) is 0 Å². The third kappa shape index (κ3) is 2.17. The van der Waals surface area contributed by atoms with Crippen LogP contribution in [0.15, 0.2) is 35.4 Å². The van der Waals surface area contributed by atoms with Crippen molar-refractivity contribution in [3.05, 3.63) is 40.9 Å². The van der Waals surface area contributed by atoms with Crippen LogP contribution in [0.1, 0.15) is 38.2 Å². The zero-order valence-electron chi connectivity index (χ0n) is 11.5. The fraction of sp³-hybridized carbons (Fsp3) is 0.467. The molecule has 0 saturated heterocycles. The first-order chi connectivity index (χ1) is 9.61. The minimum Gasteiger partial charge on any atom is -0.305 e. The van der Waals surface area contributed by atoms with Crippen LogP contribution >= 0.6 is 19.2 Å². The molecule has 2 aliphatic rings. The molecule has 0 N–H and O–H groups in total. The molecule has 0 radical (unpaired) electrons. The van der Waals surface area contributed by atoms with Crippen LogP contribution in [0.2, 0.25) is 0 Å². The van der Waals surface area contributed by atoms with Gasteiger partial charge in [0.2, 0.25) is 0 Å². The summed E-state index contributed by atoms with van der Waals surface area (Å²) in [5.74, 6) is 0. The van der Waals surface area contributed by atoms with E-state index in [1.54, 1.807) is 0 Å². The van der Waals surface area contributed by atoms with Crippen LogP contribution in [0.4, 0.5) is 0 Å². The SMILES string of the molecule is CCOP1(=O)OC2(CCCC2)C(Cl)=C1c1ccccc1. The maximum atomic E-state index is 13.1. The van der Waals surface area contributed by atoms with E-state index in [4.69, 9.17) is 20.6 Å². The van der Waals surface area contributed by atoms with Crippen molar-refractivity contribution < 1.29 is 13.6 Å². The van der Waals surface area contributed by atoms with E-state index in [-0.39, 0.29) is 0 Å². The average molecular weight is 313 g/mol. The predicted molar refractivity (Wildman–Crippen MR) is 80.7 cm³/mol. The summed E-state index contributed by atoms with van der Waals surface area (Å²) in [6, 6.07) is 9.54. The van der Waals surface area contributed by atoms with Crippen LogP contribution in [-0.4, -0.2) is 12.2 Å². The lowest BCUT2D eigenvalue weighted by Crippen LogP contribution is -2.24. The number of benzene rings is 1. The van der Waals surface area contributed by atoms with Gasteiger partial charge in [-0.3, -0.25) is 9.09 Å². The highest BCUT2D eigenvalue weighted by Gasteiger charge is 2.55. The molecule has 1 aliphatic carbocycles. The van der Waals surface area contributed by atoms with Crippen molar-refractivity contribution in [1.82, 2.24) is 0 Å². The van der Waals surface area contributed by atoms with Gasteiger partial charge >= 0.3 is 7.60 Å². The van der Waals surface area contributed by atoms with Crippen LogP contribution in [-0.2, 0) is 13.6 Å². The third-order valence-corrected chi connectivity index (χ3v) is 6.82. The van der Waals surface area contributed by atoms with E-state index >= 15 is 0 Å². The van der Waals surface area contributed by atoms with Gasteiger partial charge in [0.15, 0.2) is 0 Å². The molecule has 1 saturated carbocycles. The fourth-order valence-electron chi connectivity index (χ4n) is 3.05. The van der Waals surface area contributed by atoms with Crippen molar-refractivity contribution >= 4 is 24.5 Å². The fourth-order valence-corrected chi connectivity index (χ4v) is 6.01. The molecule has 1 aromatic rings. The molecular weight excluding hydrogens is 295 g/mol. The van der Waals surface area contributed by atoms with Crippen molar-refractivity contribution in [1.29, 1.82) is 0 Å². The van der Waals surface area contributed by atoms with Gasteiger partial charge < -0.3 is 4.52 Å². The first kappa shape index (κ1) is 14.3. The minimum atomic E-state index is -3.33. The van der Waals surface area contributed by atoms with E-state index in [1.807, 2.05) is 37.3 Å². The largest absolute Gasteiger partial charge is 0.364 e. The van der Waals surface area contributed by atoms with Gasteiger partial charge in [-0.1, -0.05) is 54.8 Å². The third-order valence-electron chi connectivity index (χ3n) is 3.93. The highest BCUT2D eigenvalue weighted by molar-refractivity contribution is 7.65. The quantitative estimate of drug-likeness (QED) is 0.723. The Morgan fingerprint density at radius 1 is 1.30 bits per heavy atom. The van der Waals surface area contributed by atoms with Crippen molar-refractivity contribution in [2.24, 2.45) is 0 Å². The van der Waals surface area contributed by atoms with Crippen molar-refractivity contribution in [2.45, 2.75) is 38.2 Å². The standard InChI is InChI=1S/C15H18ClO3P/c1-2-18-20(17)13(12-8-4-3-5-9-12)14(16)15(19-20)10-6-7-11-15/h3-5,8-9H,2,6-7,10-11H2,1H3. The lowest BCUT2D eigenvalue weighted by molar-refractivity contribution is 0.107. The van der Waals surface area contributed by atoms with E-state index in [1.165, 1.54) is 0 Å². The van der Waals surface area contributed by atoms with Gasteiger partial charge in [0.1, 0.15) is 5.60 Å². The second kappa shape index (κ2) is 5.31. The van der Waals surface area contributed by atoms with Gasteiger partial charge in [-0.15, -0.1) is 0 Å². The average Bonchev–Trinajstić information content (AvgIpc) is 2.97. The van der Waals surface area contributed by atoms with E-state index in [9.17, 15) is 4.57 Å². The zero-order valence-corrected chi connectivity index (χ0v) is 13.1. The summed E-state index contributed by atoms with van der Waals surface area (Å²) < 4.78 is 24.6. The molecule has 20 heavy (non-hydrogen) atoms. The summed E-state index contributed by atoms with van der Waals surface area (Å²) in [4.78, 5) is 0. The predicted octanol–water partition coefficient (Wildman–Crippen LogP) is 5.17. The molecule has 1 unspecified atom stereocenters. The molecule has 1 aromatic carbocycles. The van der Waals surface area contributed by atoms with Crippen molar-refractivity contribution in [2.75, 3.05) is 6.61 Å². The normalized spacial score (nSPS) is 28.5. The second-order valence-electron chi connectivity index (χ2n) is 5.24. The van der Waals surface area contributed by atoms with Crippen LogP contribution in [0.25, 0.3) is 5.31 Å². The first-order valence-electron chi connectivity index (χ1n) is 7.03. The molecule has 0 amide bonds. The maximum absolute atomic E-state index is 13.1. The molecule has 1 heterocycles. The molecule has 1 spiro atoms. The van der Waals surface area contributed by atoms with Crippen LogP contribution < -0.4 is 0 Å². The second-order valence-corrected chi connectivity index (χ2v) is 7.50. The molecule has 1 atom stereocenters. The smallest absolute Gasteiger partial charge is 0.305 e. The molecule has 3 rings (SSSR count). The highest BCUT2D eigenvalue weighted by Crippen LogP contribution is 2.73. The Morgan fingerprint density at radius 2 is 1.95 bits per heavy atom. The molecule has 108 valence electrons. The molecule has 1 aliphatic heterocycles. The summed E-state index contributed by atoms with van der Waals surface area (Å²) >= 11 is 6.60. The lowest BCUT2D eigenvalue weighted by atomic mass is 10.00. The zero-order chi connectivity index (χ0) is 14.2. The molecule has 1 fully saturated rings. The summed E-state index contributed by atoms with van der Waals surface area (Å²) in [6.45, 7) is 2.16. The topological polar surface area (TPSA) is 35.5 Å². The lowest BCUT2D eigenvalue weighted by Gasteiger charge is -2.24. The summed E-state index contributed by atoms with van der Waals surface area (Å²) in [5, 5.41) is 1.14. The number of rotatable bonds is 3. The number of hydrogen-bond acceptors (Lipinski definition) is 3. The van der Waals surface area contributed by atoms with E-state index < -0.39 is 13.2 Å². The Hall–Kier alpha value is -0.600. The van der Waals surface area contributed by atoms with Crippen molar-refractivity contribution in [3.63, 3.8) is 0 Å². The Labute approximate surface area is 124 Å².